The standard InChI is InChI=1S/C11H15Br/c1-9-5-3-6-10(2)11(9)7-4-8-12/h3,5-6H,4,7-8H2,1-2H3. The highest BCUT2D eigenvalue weighted by Gasteiger charge is 2.00. The molecule has 0 aromatic heterocycles. The molecule has 0 saturated heterocycles. The Balaban J connectivity index is 2.81. The molecule has 0 spiro atoms. The lowest BCUT2D eigenvalue weighted by Gasteiger charge is -2.07. The van der Waals surface area contributed by atoms with Crippen molar-refractivity contribution in [2.45, 2.75) is 26.7 Å². The number of alkyl halides is 1. The molecule has 0 aliphatic rings. The Bertz CT molecular complexity index is 233. The number of rotatable bonds is 3. The summed E-state index contributed by atoms with van der Waals surface area (Å²) >= 11 is 3.46. The number of halogens is 1. The summed E-state index contributed by atoms with van der Waals surface area (Å²) in [6, 6.07) is 6.51. The fourth-order valence-corrected chi connectivity index (χ4v) is 1.77. The van der Waals surface area contributed by atoms with E-state index in [-0.39, 0.29) is 0 Å². The van der Waals surface area contributed by atoms with Crippen LogP contribution in [0.25, 0.3) is 0 Å². The molecule has 1 heteroatoms. The molecule has 0 aliphatic carbocycles. The minimum absolute atomic E-state index is 1.10. The lowest BCUT2D eigenvalue weighted by atomic mass is 9.99. The van der Waals surface area contributed by atoms with Crippen LogP contribution in [0, 0.1) is 13.8 Å². The maximum atomic E-state index is 3.46. The molecule has 0 aliphatic heterocycles. The van der Waals surface area contributed by atoms with E-state index in [4.69, 9.17) is 0 Å². The van der Waals surface area contributed by atoms with Gasteiger partial charge in [0.25, 0.3) is 0 Å². The topological polar surface area (TPSA) is 0 Å². The van der Waals surface area contributed by atoms with Crippen LogP contribution in [-0.4, -0.2) is 5.33 Å². The van der Waals surface area contributed by atoms with Crippen molar-refractivity contribution in [2.24, 2.45) is 0 Å². The van der Waals surface area contributed by atoms with Gasteiger partial charge in [0.1, 0.15) is 0 Å². The molecule has 1 aromatic rings. The molecule has 0 heterocycles. The third-order valence-electron chi connectivity index (χ3n) is 2.20. The molecule has 0 nitrogen and oxygen atoms in total. The van der Waals surface area contributed by atoms with Crippen molar-refractivity contribution < 1.29 is 0 Å². The van der Waals surface area contributed by atoms with Crippen molar-refractivity contribution >= 4 is 15.9 Å². The third kappa shape index (κ3) is 2.34. The van der Waals surface area contributed by atoms with Crippen molar-refractivity contribution in [1.29, 1.82) is 0 Å². The summed E-state index contributed by atoms with van der Waals surface area (Å²) in [6.07, 6.45) is 2.43. The van der Waals surface area contributed by atoms with Gasteiger partial charge in [-0.25, -0.2) is 0 Å². The Morgan fingerprint density at radius 1 is 1.17 bits per heavy atom. The van der Waals surface area contributed by atoms with Crippen LogP contribution in [0.1, 0.15) is 23.1 Å². The zero-order valence-electron chi connectivity index (χ0n) is 7.73. The van der Waals surface area contributed by atoms with E-state index in [1.807, 2.05) is 0 Å². The molecule has 0 fully saturated rings. The summed E-state index contributed by atoms with van der Waals surface area (Å²) in [4.78, 5) is 0. The van der Waals surface area contributed by atoms with E-state index in [0.717, 1.165) is 5.33 Å². The highest BCUT2D eigenvalue weighted by atomic mass is 79.9. The van der Waals surface area contributed by atoms with Gasteiger partial charge in [-0.05, 0) is 43.4 Å². The average molecular weight is 227 g/mol. The molecule has 66 valence electrons. The summed E-state index contributed by atoms with van der Waals surface area (Å²) < 4.78 is 0. The second-order valence-electron chi connectivity index (χ2n) is 3.16. The van der Waals surface area contributed by atoms with Gasteiger partial charge in [-0.15, -0.1) is 0 Å². The van der Waals surface area contributed by atoms with Gasteiger partial charge in [-0.3, -0.25) is 0 Å². The minimum atomic E-state index is 1.10. The van der Waals surface area contributed by atoms with Gasteiger partial charge < -0.3 is 0 Å². The van der Waals surface area contributed by atoms with Crippen molar-refractivity contribution in [1.82, 2.24) is 0 Å². The Labute approximate surface area is 83.1 Å². The van der Waals surface area contributed by atoms with Gasteiger partial charge in [0.05, 0.1) is 0 Å². The SMILES string of the molecule is Cc1cccc(C)c1CCCBr. The van der Waals surface area contributed by atoms with E-state index in [1.165, 1.54) is 29.5 Å². The molecule has 0 N–H and O–H groups in total. The quantitative estimate of drug-likeness (QED) is 0.691. The summed E-state index contributed by atoms with van der Waals surface area (Å²) in [5.41, 5.74) is 4.38. The number of aryl methyl sites for hydroxylation is 2. The van der Waals surface area contributed by atoms with Crippen molar-refractivity contribution in [3.63, 3.8) is 0 Å². The second kappa shape index (κ2) is 4.66. The Morgan fingerprint density at radius 2 is 1.75 bits per heavy atom. The smallest absolute Gasteiger partial charge is 0.00344 e. The van der Waals surface area contributed by atoms with Gasteiger partial charge in [-0.2, -0.15) is 0 Å². The maximum Gasteiger partial charge on any atom is 0.00344 e. The van der Waals surface area contributed by atoms with Crippen LogP contribution in [0.4, 0.5) is 0 Å². The highest BCUT2D eigenvalue weighted by molar-refractivity contribution is 9.09. The predicted molar refractivity (Wildman–Crippen MR) is 58.0 cm³/mol. The van der Waals surface area contributed by atoms with Crippen molar-refractivity contribution in [3.8, 4) is 0 Å². The van der Waals surface area contributed by atoms with Gasteiger partial charge in [0, 0.05) is 5.33 Å². The van der Waals surface area contributed by atoms with Gasteiger partial charge in [0.2, 0.25) is 0 Å². The predicted octanol–water partition coefficient (Wildman–Crippen LogP) is 3.63. The first kappa shape index (κ1) is 9.79. The van der Waals surface area contributed by atoms with Crippen LogP contribution >= 0.6 is 15.9 Å². The summed E-state index contributed by atoms with van der Waals surface area (Å²) in [6.45, 7) is 4.38. The van der Waals surface area contributed by atoms with E-state index < -0.39 is 0 Å². The van der Waals surface area contributed by atoms with Crippen LogP contribution < -0.4 is 0 Å². The molecule has 0 bridgehead atoms. The van der Waals surface area contributed by atoms with Crippen LogP contribution in [0.3, 0.4) is 0 Å². The maximum absolute atomic E-state index is 3.46. The first-order valence-corrected chi connectivity index (χ1v) is 5.49. The fourth-order valence-electron chi connectivity index (χ4n) is 1.49. The summed E-state index contributed by atoms with van der Waals surface area (Å²) in [7, 11) is 0. The van der Waals surface area contributed by atoms with E-state index >= 15 is 0 Å². The molecule has 0 saturated carbocycles. The Morgan fingerprint density at radius 3 is 2.25 bits per heavy atom. The van der Waals surface area contributed by atoms with Crippen molar-refractivity contribution in [2.75, 3.05) is 5.33 Å². The normalized spacial score (nSPS) is 10.2. The number of benzene rings is 1. The van der Waals surface area contributed by atoms with E-state index in [0.29, 0.717) is 0 Å². The average Bonchev–Trinajstić information content (AvgIpc) is 2.04. The molecule has 0 amide bonds. The second-order valence-corrected chi connectivity index (χ2v) is 3.96. The zero-order chi connectivity index (χ0) is 8.97. The van der Waals surface area contributed by atoms with Gasteiger partial charge >= 0.3 is 0 Å². The first-order chi connectivity index (χ1) is 5.75. The molecule has 0 unspecified atom stereocenters. The monoisotopic (exact) mass is 226 g/mol. The lowest BCUT2D eigenvalue weighted by molar-refractivity contribution is 0.919. The summed E-state index contributed by atoms with van der Waals surface area (Å²) in [5.74, 6) is 0. The molecule has 0 radical (unpaired) electrons. The van der Waals surface area contributed by atoms with Crippen molar-refractivity contribution in [3.05, 3.63) is 34.9 Å². The Hall–Kier alpha value is -0.300. The van der Waals surface area contributed by atoms with E-state index in [1.54, 1.807) is 0 Å². The minimum Gasteiger partial charge on any atom is -0.0928 e. The number of hydrogen-bond acceptors (Lipinski definition) is 0. The van der Waals surface area contributed by atoms with Crippen LogP contribution in [-0.2, 0) is 6.42 Å². The molecule has 0 atom stereocenters. The van der Waals surface area contributed by atoms with Crippen LogP contribution in [0.15, 0.2) is 18.2 Å². The van der Waals surface area contributed by atoms with E-state index in [9.17, 15) is 0 Å². The molecule has 1 rings (SSSR count). The van der Waals surface area contributed by atoms with Gasteiger partial charge in [0.15, 0.2) is 0 Å². The lowest BCUT2D eigenvalue weighted by Crippen LogP contribution is -1.93. The summed E-state index contributed by atoms with van der Waals surface area (Å²) in [5, 5.41) is 1.10. The van der Waals surface area contributed by atoms with Crippen LogP contribution in [0.5, 0.6) is 0 Å². The Kier molecular flexibility index (Phi) is 3.80. The fraction of sp³-hybridized carbons (Fsp3) is 0.455. The van der Waals surface area contributed by atoms with Crippen LogP contribution in [0.2, 0.25) is 0 Å². The first-order valence-electron chi connectivity index (χ1n) is 4.36. The molecule has 1 aromatic carbocycles. The van der Waals surface area contributed by atoms with E-state index in [2.05, 4.69) is 48.0 Å². The largest absolute Gasteiger partial charge is 0.0928 e. The third-order valence-corrected chi connectivity index (χ3v) is 2.77. The zero-order valence-corrected chi connectivity index (χ0v) is 9.32. The molecular formula is C11H15Br. The number of hydrogen-bond donors (Lipinski definition) is 0. The molecule has 12 heavy (non-hydrogen) atoms. The van der Waals surface area contributed by atoms with Gasteiger partial charge in [-0.1, -0.05) is 34.1 Å². The highest BCUT2D eigenvalue weighted by Crippen LogP contribution is 2.15. The molecular weight excluding hydrogens is 212 g/mol.